The van der Waals surface area contributed by atoms with Crippen molar-refractivity contribution in [1.82, 2.24) is 10.2 Å². The summed E-state index contributed by atoms with van der Waals surface area (Å²) in [7, 11) is 0. The van der Waals surface area contributed by atoms with E-state index in [1.807, 2.05) is 0 Å². The van der Waals surface area contributed by atoms with Crippen molar-refractivity contribution in [3.8, 4) is 0 Å². The largest absolute Gasteiger partial charge is 0.353 e. The molecule has 3 N–H and O–H groups in total. The Balaban J connectivity index is 0.00000200. The summed E-state index contributed by atoms with van der Waals surface area (Å²) in [5, 5.41) is 2.97. The van der Waals surface area contributed by atoms with Gasteiger partial charge in [-0.1, -0.05) is 6.42 Å². The first-order valence-corrected chi connectivity index (χ1v) is 6.94. The van der Waals surface area contributed by atoms with Gasteiger partial charge in [-0.05, 0) is 25.3 Å². The van der Waals surface area contributed by atoms with E-state index in [-0.39, 0.29) is 62.0 Å². The van der Waals surface area contributed by atoms with Crippen LogP contribution in [0.15, 0.2) is 0 Å². The third-order valence-corrected chi connectivity index (χ3v) is 4.03. The quantitative estimate of drug-likeness (QED) is 0.709. The molecule has 2 atom stereocenters. The van der Waals surface area contributed by atoms with Gasteiger partial charge in [-0.25, -0.2) is 0 Å². The van der Waals surface area contributed by atoms with Gasteiger partial charge in [-0.15, -0.1) is 12.4 Å². The number of hydrogen-bond acceptors (Lipinski definition) is 4. The number of nitrogens with one attached hydrogen (secondary N) is 1. The molecule has 1 saturated carbocycles. The van der Waals surface area contributed by atoms with Gasteiger partial charge in [0.15, 0.2) is 0 Å². The Hall–Kier alpha value is -1.14. The maximum atomic E-state index is 11.8. The molecule has 2 unspecified atom stereocenters. The van der Waals surface area contributed by atoms with Crippen molar-refractivity contribution in [3.63, 3.8) is 0 Å². The summed E-state index contributed by atoms with van der Waals surface area (Å²) in [6.45, 7) is 0.789. The Bertz CT molecular complexity index is 373. The molecule has 1 aliphatic heterocycles. The number of amides is 3. The minimum Gasteiger partial charge on any atom is -0.353 e. The molecule has 1 aliphatic carbocycles. The molecule has 0 aromatic rings. The monoisotopic (exact) mass is 303 g/mol. The number of carbonyl (C=O) groups is 3. The van der Waals surface area contributed by atoms with Crippen LogP contribution in [0.3, 0.4) is 0 Å². The van der Waals surface area contributed by atoms with Crippen molar-refractivity contribution in [2.75, 3.05) is 13.1 Å². The van der Waals surface area contributed by atoms with Gasteiger partial charge in [0.05, 0.1) is 0 Å². The lowest BCUT2D eigenvalue weighted by molar-refractivity contribution is -0.138. The second-order valence-electron chi connectivity index (χ2n) is 5.29. The normalized spacial score (nSPS) is 25.8. The Morgan fingerprint density at radius 3 is 2.50 bits per heavy atom. The maximum absolute atomic E-state index is 11.8. The van der Waals surface area contributed by atoms with Crippen molar-refractivity contribution in [1.29, 1.82) is 0 Å². The second-order valence-corrected chi connectivity index (χ2v) is 5.29. The summed E-state index contributed by atoms with van der Waals surface area (Å²) in [6, 6.07) is 0.155. The van der Waals surface area contributed by atoms with Crippen LogP contribution in [0.4, 0.5) is 0 Å². The van der Waals surface area contributed by atoms with Crippen LogP contribution in [0, 0.1) is 5.92 Å². The van der Waals surface area contributed by atoms with E-state index >= 15 is 0 Å². The first kappa shape index (κ1) is 16.9. The predicted molar refractivity (Wildman–Crippen MR) is 76.1 cm³/mol. The number of hydrogen-bond donors (Lipinski definition) is 2. The average molecular weight is 304 g/mol. The highest BCUT2D eigenvalue weighted by atomic mass is 35.5. The summed E-state index contributed by atoms with van der Waals surface area (Å²) in [5.74, 6) is -0.0751. The van der Waals surface area contributed by atoms with Gasteiger partial charge >= 0.3 is 0 Å². The van der Waals surface area contributed by atoms with Gasteiger partial charge in [-0.3, -0.25) is 19.3 Å². The molecule has 7 heteroatoms. The fourth-order valence-corrected chi connectivity index (χ4v) is 2.87. The maximum Gasteiger partial charge on any atom is 0.229 e. The number of carbonyl (C=O) groups excluding carboxylic acids is 3. The molecular weight excluding hydrogens is 282 g/mol. The third-order valence-electron chi connectivity index (χ3n) is 4.03. The minimum absolute atomic E-state index is 0. The molecule has 0 radical (unpaired) electrons. The van der Waals surface area contributed by atoms with Crippen molar-refractivity contribution in [2.45, 2.75) is 44.6 Å². The molecule has 0 spiro atoms. The second kappa shape index (κ2) is 7.59. The number of nitrogens with two attached hydrogens (primary N) is 1. The van der Waals surface area contributed by atoms with Crippen molar-refractivity contribution in [3.05, 3.63) is 0 Å². The molecule has 114 valence electrons. The van der Waals surface area contributed by atoms with Gasteiger partial charge in [0.1, 0.15) is 0 Å². The molecule has 6 nitrogen and oxygen atoms in total. The summed E-state index contributed by atoms with van der Waals surface area (Å²) in [6.07, 6.45) is 3.86. The first-order valence-electron chi connectivity index (χ1n) is 6.94. The highest BCUT2D eigenvalue weighted by Crippen LogP contribution is 2.24. The first-order chi connectivity index (χ1) is 9.11. The Labute approximate surface area is 124 Å². The topological polar surface area (TPSA) is 92.5 Å². The fourth-order valence-electron chi connectivity index (χ4n) is 2.87. The molecule has 1 heterocycles. The van der Waals surface area contributed by atoms with E-state index in [0.29, 0.717) is 12.5 Å². The molecule has 1 saturated heterocycles. The molecule has 2 rings (SSSR count). The van der Waals surface area contributed by atoms with Gasteiger partial charge < -0.3 is 11.1 Å². The van der Waals surface area contributed by atoms with Crippen LogP contribution < -0.4 is 11.1 Å². The molecule has 0 aromatic heterocycles. The highest BCUT2D eigenvalue weighted by Gasteiger charge is 2.30. The SMILES string of the molecule is Cl.NCC1CCCC1NC(=O)CCN1C(=O)CCC1=O. The number of likely N-dealkylation sites (tertiary alicyclic amines) is 1. The van der Waals surface area contributed by atoms with E-state index < -0.39 is 0 Å². The van der Waals surface area contributed by atoms with Gasteiger partial charge in [0.2, 0.25) is 17.7 Å². The van der Waals surface area contributed by atoms with E-state index in [4.69, 9.17) is 5.73 Å². The molecule has 0 aromatic carbocycles. The van der Waals surface area contributed by atoms with Gasteiger partial charge in [0.25, 0.3) is 0 Å². The number of halogens is 1. The van der Waals surface area contributed by atoms with Gasteiger partial charge in [0, 0.05) is 31.8 Å². The minimum atomic E-state index is -0.168. The van der Waals surface area contributed by atoms with Gasteiger partial charge in [-0.2, -0.15) is 0 Å². The number of rotatable bonds is 5. The van der Waals surface area contributed by atoms with Crippen LogP contribution in [0.25, 0.3) is 0 Å². The fraction of sp³-hybridized carbons (Fsp3) is 0.769. The van der Waals surface area contributed by atoms with E-state index in [1.54, 1.807) is 0 Å². The third kappa shape index (κ3) is 3.93. The zero-order chi connectivity index (χ0) is 13.8. The summed E-state index contributed by atoms with van der Waals surface area (Å²) in [4.78, 5) is 35.8. The van der Waals surface area contributed by atoms with Crippen LogP contribution >= 0.6 is 12.4 Å². The Morgan fingerprint density at radius 1 is 1.25 bits per heavy atom. The lowest BCUT2D eigenvalue weighted by atomic mass is 10.0. The smallest absolute Gasteiger partial charge is 0.229 e. The van der Waals surface area contributed by atoms with Crippen LogP contribution in [0.5, 0.6) is 0 Å². The number of imide groups is 1. The van der Waals surface area contributed by atoms with Crippen LogP contribution in [0.1, 0.15) is 38.5 Å². The summed E-state index contributed by atoms with van der Waals surface area (Å²) >= 11 is 0. The summed E-state index contributed by atoms with van der Waals surface area (Å²) in [5.41, 5.74) is 5.66. The Kier molecular flexibility index (Phi) is 6.42. The zero-order valence-electron chi connectivity index (χ0n) is 11.5. The standard InChI is InChI=1S/C13H21N3O3.ClH/c14-8-9-2-1-3-10(9)15-11(17)6-7-16-12(18)4-5-13(16)19;/h9-10H,1-8,14H2,(H,15,17);1H. The average Bonchev–Trinajstić information content (AvgIpc) is 2.95. The lowest BCUT2D eigenvalue weighted by Gasteiger charge is -2.20. The predicted octanol–water partition coefficient (Wildman–Crippen LogP) is 0.191. The lowest BCUT2D eigenvalue weighted by Crippen LogP contribution is -2.41. The molecule has 0 bridgehead atoms. The molecule has 2 aliphatic rings. The van der Waals surface area contributed by atoms with Crippen molar-refractivity contribution >= 4 is 30.1 Å². The molecule has 3 amide bonds. The zero-order valence-corrected chi connectivity index (χ0v) is 12.3. The van der Waals surface area contributed by atoms with Crippen molar-refractivity contribution < 1.29 is 14.4 Å². The molecular formula is C13H22ClN3O3. The van der Waals surface area contributed by atoms with Crippen LogP contribution in [-0.4, -0.2) is 41.8 Å². The Morgan fingerprint density at radius 2 is 1.90 bits per heavy atom. The van der Waals surface area contributed by atoms with E-state index in [1.165, 1.54) is 4.90 Å². The molecule has 2 fully saturated rings. The van der Waals surface area contributed by atoms with E-state index in [0.717, 1.165) is 19.3 Å². The van der Waals surface area contributed by atoms with E-state index in [2.05, 4.69) is 5.32 Å². The van der Waals surface area contributed by atoms with E-state index in [9.17, 15) is 14.4 Å². The van der Waals surface area contributed by atoms with Crippen LogP contribution in [-0.2, 0) is 14.4 Å². The number of nitrogens with zero attached hydrogens (tertiary/aromatic N) is 1. The summed E-state index contributed by atoms with van der Waals surface area (Å²) < 4.78 is 0. The van der Waals surface area contributed by atoms with Crippen LogP contribution in [0.2, 0.25) is 0 Å². The highest BCUT2D eigenvalue weighted by molar-refractivity contribution is 6.02. The van der Waals surface area contributed by atoms with Crippen molar-refractivity contribution in [2.24, 2.45) is 11.7 Å². The molecule has 20 heavy (non-hydrogen) atoms.